The highest BCUT2D eigenvalue weighted by Gasteiger charge is 2.29. The third-order valence-corrected chi connectivity index (χ3v) is 5.19. The molecule has 3 nitrogen and oxygen atoms in total. The average Bonchev–Trinajstić information content (AvgIpc) is 2.48. The molecular formula is C16H24N2OS. The Labute approximate surface area is 126 Å². The van der Waals surface area contributed by atoms with Crippen LogP contribution in [0.5, 0.6) is 0 Å². The molecule has 0 saturated carbocycles. The molecule has 1 amide bonds. The number of benzene rings is 1. The van der Waals surface area contributed by atoms with Crippen LogP contribution < -0.4 is 5.32 Å². The summed E-state index contributed by atoms with van der Waals surface area (Å²) < 4.78 is 0. The van der Waals surface area contributed by atoms with Gasteiger partial charge in [0.05, 0.1) is 0 Å². The smallest absolute Gasteiger partial charge is 0.254 e. The number of carbonyl (C=O) groups is 1. The maximum atomic E-state index is 12.6. The number of nitrogens with zero attached hydrogens (tertiary/aromatic N) is 1. The molecule has 0 spiro atoms. The summed E-state index contributed by atoms with van der Waals surface area (Å²) in [6.07, 6.45) is 1.10. The summed E-state index contributed by atoms with van der Waals surface area (Å²) in [6.45, 7) is 8.30. The van der Waals surface area contributed by atoms with Gasteiger partial charge in [-0.1, -0.05) is 13.8 Å². The summed E-state index contributed by atoms with van der Waals surface area (Å²) >= 11 is 1.95. The number of anilines is 1. The van der Waals surface area contributed by atoms with E-state index in [0.717, 1.165) is 36.5 Å². The lowest BCUT2D eigenvalue weighted by Gasteiger charge is -2.37. The molecule has 0 aromatic heterocycles. The van der Waals surface area contributed by atoms with Crippen molar-refractivity contribution in [3.05, 3.63) is 29.8 Å². The van der Waals surface area contributed by atoms with Crippen molar-refractivity contribution in [3.63, 3.8) is 0 Å². The van der Waals surface area contributed by atoms with Crippen molar-refractivity contribution in [1.82, 2.24) is 4.90 Å². The van der Waals surface area contributed by atoms with Crippen LogP contribution in [0.15, 0.2) is 24.3 Å². The van der Waals surface area contributed by atoms with Gasteiger partial charge in [-0.3, -0.25) is 4.79 Å². The molecule has 20 heavy (non-hydrogen) atoms. The van der Waals surface area contributed by atoms with Gasteiger partial charge >= 0.3 is 0 Å². The van der Waals surface area contributed by atoms with Crippen molar-refractivity contribution < 1.29 is 4.79 Å². The summed E-state index contributed by atoms with van der Waals surface area (Å²) in [5.41, 5.74) is 1.87. The van der Waals surface area contributed by atoms with Gasteiger partial charge in [0.15, 0.2) is 0 Å². The monoisotopic (exact) mass is 292 g/mol. The SMILES string of the molecule is CCCNc1ccc(C(=O)N2CCSC(C)C2C)cc1. The van der Waals surface area contributed by atoms with Crippen molar-refractivity contribution in [2.24, 2.45) is 0 Å². The standard InChI is InChI=1S/C16H24N2OS/c1-4-9-17-15-7-5-14(6-8-15)16(19)18-10-11-20-13(3)12(18)2/h5-8,12-13,17H,4,9-11H2,1-3H3. The summed E-state index contributed by atoms with van der Waals surface area (Å²) in [5, 5.41) is 3.84. The number of nitrogens with one attached hydrogen (secondary N) is 1. The Morgan fingerprint density at radius 1 is 1.35 bits per heavy atom. The predicted octanol–water partition coefficient (Wildman–Crippen LogP) is 3.47. The first kappa shape index (κ1) is 15.2. The summed E-state index contributed by atoms with van der Waals surface area (Å²) in [4.78, 5) is 14.6. The number of thioether (sulfide) groups is 1. The molecule has 1 N–H and O–H groups in total. The van der Waals surface area contributed by atoms with Gasteiger partial charge < -0.3 is 10.2 Å². The van der Waals surface area contributed by atoms with Crippen LogP contribution in [0, 0.1) is 0 Å². The van der Waals surface area contributed by atoms with E-state index in [1.54, 1.807) is 0 Å². The van der Waals surface area contributed by atoms with Crippen LogP contribution in [0.1, 0.15) is 37.6 Å². The second-order valence-electron chi connectivity index (χ2n) is 5.32. The number of hydrogen-bond acceptors (Lipinski definition) is 3. The molecule has 1 heterocycles. The van der Waals surface area contributed by atoms with Crippen LogP contribution in [0.25, 0.3) is 0 Å². The molecule has 2 atom stereocenters. The highest BCUT2D eigenvalue weighted by molar-refractivity contribution is 8.00. The lowest BCUT2D eigenvalue weighted by atomic mass is 10.1. The first-order valence-electron chi connectivity index (χ1n) is 7.40. The maximum Gasteiger partial charge on any atom is 0.254 e. The summed E-state index contributed by atoms with van der Waals surface area (Å²) in [6, 6.07) is 8.16. The van der Waals surface area contributed by atoms with E-state index in [-0.39, 0.29) is 5.91 Å². The zero-order valence-corrected chi connectivity index (χ0v) is 13.4. The Balaban J connectivity index is 2.05. The minimum absolute atomic E-state index is 0.159. The molecule has 1 aromatic rings. The molecule has 1 aliphatic rings. The Hall–Kier alpha value is -1.16. The lowest BCUT2D eigenvalue weighted by molar-refractivity contribution is 0.0698. The van der Waals surface area contributed by atoms with E-state index in [2.05, 4.69) is 26.1 Å². The topological polar surface area (TPSA) is 32.3 Å². The van der Waals surface area contributed by atoms with Crippen LogP contribution in [0.3, 0.4) is 0 Å². The van der Waals surface area contributed by atoms with Gasteiger partial charge in [-0.25, -0.2) is 0 Å². The molecule has 1 aromatic carbocycles. The van der Waals surface area contributed by atoms with Crippen LogP contribution in [-0.2, 0) is 0 Å². The molecule has 1 fully saturated rings. The van der Waals surface area contributed by atoms with Crippen LogP contribution in [0.4, 0.5) is 5.69 Å². The fourth-order valence-electron chi connectivity index (χ4n) is 2.39. The van der Waals surface area contributed by atoms with Crippen molar-refractivity contribution in [1.29, 1.82) is 0 Å². The average molecular weight is 292 g/mol. The van der Waals surface area contributed by atoms with Crippen molar-refractivity contribution in [2.75, 3.05) is 24.2 Å². The van der Waals surface area contributed by atoms with Gasteiger partial charge in [-0.15, -0.1) is 0 Å². The highest BCUT2D eigenvalue weighted by Crippen LogP contribution is 2.25. The molecule has 4 heteroatoms. The van der Waals surface area contributed by atoms with Gasteiger partial charge in [0.1, 0.15) is 0 Å². The summed E-state index contributed by atoms with van der Waals surface area (Å²) in [5.74, 6) is 1.19. The molecular weight excluding hydrogens is 268 g/mol. The Bertz CT molecular complexity index is 446. The van der Waals surface area contributed by atoms with Crippen LogP contribution in [0.2, 0.25) is 0 Å². The van der Waals surface area contributed by atoms with E-state index >= 15 is 0 Å². The van der Waals surface area contributed by atoms with Gasteiger partial charge in [0, 0.05) is 41.4 Å². The second-order valence-corrected chi connectivity index (χ2v) is 6.80. The van der Waals surface area contributed by atoms with E-state index in [4.69, 9.17) is 0 Å². The van der Waals surface area contributed by atoms with Gasteiger partial charge in [0.25, 0.3) is 5.91 Å². The third kappa shape index (κ3) is 3.48. The minimum Gasteiger partial charge on any atom is -0.385 e. The van der Waals surface area contributed by atoms with Crippen molar-refractivity contribution in [2.45, 2.75) is 38.5 Å². The number of amides is 1. The first-order valence-corrected chi connectivity index (χ1v) is 8.45. The van der Waals surface area contributed by atoms with E-state index in [0.29, 0.717) is 11.3 Å². The molecule has 2 unspecified atom stereocenters. The number of carbonyl (C=O) groups excluding carboxylic acids is 1. The van der Waals surface area contributed by atoms with E-state index in [9.17, 15) is 4.79 Å². The fraction of sp³-hybridized carbons (Fsp3) is 0.562. The van der Waals surface area contributed by atoms with Crippen molar-refractivity contribution in [3.8, 4) is 0 Å². The quantitative estimate of drug-likeness (QED) is 0.922. The zero-order valence-electron chi connectivity index (χ0n) is 12.6. The summed E-state index contributed by atoms with van der Waals surface area (Å²) in [7, 11) is 0. The van der Waals surface area contributed by atoms with Gasteiger partial charge in [0.2, 0.25) is 0 Å². The number of hydrogen-bond donors (Lipinski definition) is 1. The Morgan fingerprint density at radius 3 is 2.70 bits per heavy atom. The lowest BCUT2D eigenvalue weighted by Crippen LogP contribution is -2.47. The largest absolute Gasteiger partial charge is 0.385 e. The Kier molecular flexibility index (Phi) is 5.35. The molecule has 1 aliphatic heterocycles. The molecule has 0 bridgehead atoms. The second kappa shape index (κ2) is 7.02. The predicted molar refractivity (Wildman–Crippen MR) is 87.6 cm³/mol. The fourth-order valence-corrected chi connectivity index (χ4v) is 3.48. The Morgan fingerprint density at radius 2 is 2.05 bits per heavy atom. The van der Waals surface area contributed by atoms with E-state index < -0.39 is 0 Å². The van der Waals surface area contributed by atoms with Crippen LogP contribution >= 0.6 is 11.8 Å². The minimum atomic E-state index is 0.159. The normalized spacial score (nSPS) is 22.6. The molecule has 1 saturated heterocycles. The van der Waals surface area contributed by atoms with Gasteiger partial charge in [-0.05, 0) is 37.6 Å². The highest BCUT2D eigenvalue weighted by atomic mass is 32.2. The maximum absolute atomic E-state index is 12.6. The van der Waals surface area contributed by atoms with Crippen LogP contribution in [-0.4, -0.2) is 40.9 Å². The van der Waals surface area contributed by atoms with E-state index in [1.807, 2.05) is 40.9 Å². The molecule has 2 rings (SSSR count). The first-order chi connectivity index (χ1) is 9.63. The van der Waals surface area contributed by atoms with Crippen molar-refractivity contribution >= 4 is 23.4 Å². The molecule has 0 aliphatic carbocycles. The van der Waals surface area contributed by atoms with E-state index in [1.165, 1.54) is 0 Å². The zero-order chi connectivity index (χ0) is 14.5. The number of rotatable bonds is 4. The molecule has 110 valence electrons. The third-order valence-electron chi connectivity index (χ3n) is 3.86. The van der Waals surface area contributed by atoms with Gasteiger partial charge in [-0.2, -0.15) is 11.8 Å². The molecule has 0 radical (unpaired) electrons.